The summed E-state index contributed by atoms with van der Waals surface area (Å²) in [5, 5.41) is 17.8. The van der Waals surface area contributed by atoms with Crippen LogP contribution in [-0.4, -0.2) is 41.4 Å². The average molecular weight is 262 g/mol. The zero-order valence-electron chi connectivity index (χ0n) is 9.57. The largest absolute Gasteiger partial charge is 0.396 e. The summed E-state index contributed by atoms with van der Waals surface area (Å²) in [6.07, 6.45) is 0.618. The zero-order chi connectivity index (χ0) is 12.7. The Morgan fingerprint density at radius 1 is 1.18 bits per heavy atom. The Bertz CT molecular complexity index is 349. The van der Waals surface area contributed by atoms with E-state index in [0.29, 0.717) is 31.6 Å². The lowest BCUT2D eigenvalue weighted by Gasteiger charge is -2.21. The molecule has 0 aliphatic carbocycles. The first kappa shape index (κ1) is 14.4. The monoisotopic (exact) mass is 261 g/mol. The van der Waals surface area contributed by atoms with Gasteiger partial charge >= 0.3 is 0 Å². The van der Waals surface area contributed by atoms with Crippen molar-refractivity contribution in [3.8, 4) is 0 Å². The molecule has 0 fully saturated rings. The third kappa shape index (κ3) is 4.60. The molecule has 0 aliphatic heterocycles. The van der Waals surface area contributed by atoms with Crippen LogP contribution in [0, 0.1) is 5.82 Å². The molecule has 0 aliphatic rings. The second-order valence-electron chi connectivity index (χ2n) is 3.79. The lowest BCUT2D eigenvalue weighted by Crippen LogP contribution is -2.28. The maximum atomic E-state index is 13.2. The molecule has 0 atom stereocenters. The first-order valence-corrected chi connectivity index (χ1v) is 5.93. The van der Waals surface area contributed by atoms with Crippen molar-refractivity contribution >= 4 is 11.6 Å². The van der Waals surface area contributed by atoms with Gasteiger partial charge in [-0.1, -0.05) is 23.7 Å². The summed E-state index contributed by atoms with van der Waals surface area (Å²) < 4.78 is 13.2. The molecule has 1 aromatic carbocycles. The van der Waals surface area contributed by atoms with Crippen LogP contribution in [0.1, 0.15) is 12.0 Å². The van der Waals surface area contributed by atoms with Crippen LogP contribution in [0.5, 0.6) is 0 Å². The lowest BCUT2D eigenvalue weighted by molar-refractivity contribution is 0.174. The number of benzene rings is 1. The van der Waals surface area contributed by atoms with Gasteiger partial charge in [-0.2, -0.15) is 0 Å². The summed E-state index contributed by atoms with van der Waals surface area (Å²) in [6, 6.07) is 4.68. The molecule has 0 saturated heterocycles. The summed E-state index contributed by atoms with van der Waals surface area (Å²) in [5.41, 5.74) is 0.693. The van der Waals surface area contributed by atoms with E-state index in [0.717, 1.165) is 0 Å². The minimum atomic E-state index is -0.435. The fourth-order valence-corrected chi connectivity index (χ4v) is 1.80. The summed E-state index contributed by atoms with van der Waals surface area (Å²) >= 11 is 5.86. The van der Waals surface area contributed by atoms with Gasteiger partial charge < -0.3 is 10.2 Å². The van der Waals surface area contributed by atoms with E-state index in [2.05, 4.69) is 0 Å². The summed E-state index contributed by atoms with van der Waals surface area (Å²) in [4.78, 5) is 1.93. The van der Waals surface area contributed by atoms with Gasteiger partial charge in [-0.05, 0) is 18.1 Å². The first-order chi connectivity index (χ1) is 8.19. The quantitative estimate of drug-likeness (QED) is 0.785. The van der Waals surface area contributed by atoms with Crippen LogP contribution in [0.2, 0.25) is 5.02 Å². The molecular weight excluding hydrogens is 245 g/mol. The Kier molecular flexibility index (Phi) is 6.44. The number of rotatable bonds is 7. The minimum absolute atomic E-state index is 0.0262. The molecule has 0 spiro atoms. The fraction of sp³-hybridized carbons (Fsp3) is 0.500. The molecule has 3 nitrogen and oxygen atoms in total. The third-order valence-electron chi connectivity index (χ3n) is 2.47. The van der Waals surface area contributed by atoms with E-state index in [4.69, 9.17) is 21.8 Å². The van der Waals surface area contributed by atoms with Crippen LogP contribution in [0.15, 0.2) is 18.2 Å². The van der Waals surface area contributed by atoms with Crippen molar-refractivity contribution < 1.29 is 14.6 Å². The van der Waals surface area contributed by atoms with Gasteiger partial charge in [0, 0.05) is 26.2 Å². The number of nitrogens with zero attached hydrogens (tertiary/aromatic N) is 1. The van der Waals surface area contributed by atoms with Crippen LogP contribution in [0.3, 0.4) is 0 Å². The smallest absolute Gasteiger partial charge is 0.142 e. The van der Waals surface area contributed by atoms with E-state index in [1.54, 1.807) is 12.1 Å². The van der Waals surface area contributed by atoms with Crippen molar-refractivity contribution in [1.29, 1.82) is 0 Å². The number of aliphatic hydroxyl groups is 2. The van der Waals surface area contributed by atoms with Crippen molar-refractivity contribution in [2.45, 2.75) is 13.0 Å². The highest BCUT2D eigenvalue weighted by atomic mass is 35.5. The Hall–Kier alpha value is -0.680. The summed E-state index contributed by atoms with van der Waals surface area (Å²) in [7, 11) is 0. The normalized spacial score (nSPS) is 11.1. The van der Waals surface area contributed by atoms with Crippen molar-refractivity contribution in [2.24, 2.45) is 0 Å². The van der Waals surface area contributed by atoms with Gasteiger partial charge in [0.2, 0.25) is 0 Å². The standard InChI is InChI=1S/C12H17ClFNO2/c13-12-10(3-1-4-11(12)14)9-15(6-8-17)5-2-7-16/h1,3-4,16-17H,2,5-9H2. The molecule has 1 aromatic rings. The van der Waals surface area contributed by atoms with Crippen LogP contribution >= 0.6 is 11.6 Å². The van der Waals surface area contributed by atoms with E-state index < -0.39 is 5.82 Å². The maximum Gasteiger partial charge on any atom is 0.142 e. The van der Waals surface area contributed by atoms with Gasteiger partial charge in [0.05, 0.1) is 11.6 Å². The lowest BCUT2D eigenvalue weighted by atomic mass is 10.2. The molecule has 0 bridgehead atoms. The predicted octanol–water partition coefficient (Wildman–Crippen LogP) is 1.66. The Morgan fingerprint density at radius 3 is 2.59 bits per heavy atom. The van der Waals surface area contributed by atoms with Crippen LogP contribution in [-0.2, 0) is 6.54 Å². The molecule has 0 radical (unpaired) electrons. The van der Waals surface area contributed by atoms with Gasteiger partial charge in [-0.15, -0.1) is 0 Å². The molecule has 1 rings (SSSR count). The summed E-state index contributed by atoms with van der Waals surface area (Å²) in [5.74, 6) is -0.435. The van der Waals surface area contributed by atoms with E-state index >= 15 is 0 Å². The highest BCUT2D eigenvalue weighted by Crippen LogP contribution is 2.21. The Balaban J connectivity index is 2.67. The van der Waals surface area contributed by atoms with Crippen molar-refractivity contribution in [3.05, 3.63) is 34.6 Å². The van der Waals surface area contributed by atoms with E-state index in [9.17, 15) is 4.39 Å². The Morgan fingerprint density at radius 2 is 1.94 bits per heavy atom. The fourth-order valence-electron chi connectivity index (χ4n) is 1.62. The van der Waals surface area contributed by atoms with Crippen molar-refractivity contribution in [2.75, 3.05) is 26.3 Å². The number of aliphatic hydroxyl groups excluding tert-OH is 2. The van der Waals surface area contributed by atoms with Gasteiger partial charge in [0.15, 0.2) is 0 Å². The van der Waals surface area contributed by atoms with Crippen LogP contribution in [0.25, 0.3) is 0 Å². The summed E-state index contributed by atoms with van der Waals surface area (Å²) in [6.45, 7) is 1.71. The average Bonchev–Trinajstić information content (AvgIpc) is 2.32. The third-order valence-corrected chi connectivity index (χ3v) is 2.90. The molecule has 5 heteroatoms. The van der Waals surface area contributed by atoms with Gasteiger partial charge in [0.25, 0.3) is 0 Å². The van der Waals surface area contributed by atoms with Crippen LogP contribution in [0.4, 0.5) is 4.39 Å². The molecule has 0 unspecified atom stereocenters. The number of halogens is 2. The maximum absolute atomic E-state index is 13.2. The highest BCUT2D eigenvalue weighted by Gasteiger charge is 2.10. The van der Waals surface area contributed by atoms with Crippen molar-refractivity contribution in [3.63, 3.8) is 0 Å². The predicted molar refractivity (Wildman–Crippen MR) is 65.5 cm³/mol. The SMILES string of the molecule is OCCCN(CCO)Cc1cccc(F)c1Cl. The van der Waals surface area contributed by atoms with Crippen molar-refractivity contribution in [1.82, 2.24) is 4.90 Å². The van der Waals surface area contributed by atoms with E-state index in [-0.39, 0.29) is 18.2 Å². The molecule has 0 saturated carbocycles. The zero-order valence-corrected chi connectivity index (χ0v) is 10.3. The van der Waals surface area contributed by atoms with Gasteiger partial charge in [0.1, 0.15) is 5.82 Å². The molecule has 0 amide bonds. The number of hydrogen-bond donors (Lipinski definition) is 2. The van der Waals surface area contributed by atoms with Gasteiger partial charge in [-0.3, -0.25) is 4.90 Å². The first-order valence-electron chi connectivity index (χ1n) is 5.56. The molecule has 2 N–H and O–H groups in total. The second kappa shape index (κ2) is 7.61. The molecule has 0 heterocycles. The molecule has 0 aromatic heterocycles. The second-order valence-corrected chi connectivity index (χ2v) is 4.17. The molecular formula is C12H17ClFNO2. The number of hydrogen-bond acceptors (Lipinski definition) is 3. The minimum Gasteiger partial charge on any atom is -0.396 e. The highest BCUT2D eigenvalue weighted by molar-refractivity contribution is 6.31. The Labute approximate surface area is 105 Å². The van der Waals surface area contributed by atoms with Gasteiger partial charge in [-0.25, -0.2) is 4.39 Å². The topological polar surface area (TPSA) is 43.7 Å². The molecule has 17 heavy (non-hydrogen) atoms. The molecule has 96 valence electrons. The van der Waals surface area contributed by atoms with Crippen LogP contribution < -0.4 is 0 Å². The van der Waals surface area contributed by atoms with E-state index in [1.165, 1.54) is 6.07 Å². The van der Waals surface area contributed by atoms with E-state index in [1.807, 2.05) is 4.90 Å².